The molecule has 0 saturated heterocycles. The van der Waals surface area contributed by atoms with Crippen LogP contribution in [0, 0.1) is 22.2 Å². The minimum Gasteiger partial charge on any atom is -0.481 e. The van der Waals surface area contributed by atoms with Gasteiger partial charge in [0, 0.05) is 28.9 Å². The molecule has 1 aromatic rings. The van der Waals surface area contributed by atoms with Gasteiger partial charge in [0.15, 0.2) is 0 Å². The number of H-pyrrole nitrogens is 1. The first kappa shape index (κ1) is 14.4. The highest BCUT2D eigenvalue weighted by Gasteiger charge is 2.60. The Balaban J connectivity index is 2.19. The van der Waals surface area contributed by atoms with Crippen molar-refractivity contribution in [3.05, 3.63) is 41.4 Å². The predicted octanol–water partition coefficient (Wildman–Crippen LogP) is 2.06. The van der Waals surface area contributed by atoms with Crippen LogP contribution in [0.5, 0.6) is 0 Å². The van der Waals surface area contributed by atoms with Crippen molar-refractivity contribution in [1.82, 2.24) is 10.2 Å². The van der Waals surface area contributed by atoms with Crippen LogP contribution in [-0.2, 0) is 4.79 Å². The molecule has 1 saturated carbocycles. The van der Waals surface area contributed by atoms with E-state index in [9.17, 15) is 15.2 Å². The molecule has 4 N–H and O–H groups in total. The molecule has 114 valence electrons. The van der Waals surface area contributed by atoms with E-state index in [0.717, 1.165) is 18.5 Å². The number of aromatic amines is 1. The van der Waals surface area contributed by atoms with Crippen molar-refractivity contribution in [2.45, 2.75) is 32.1 Å². The van der Waals surface area contributed by atoms with Crippen LogP contribution >= 0.6 is 0 Å². The number of rotatable bonds is 4. The number of allylic oxidation sites excluding steroid dienone is 3. The molecule has 3 rings (SSSR count). The lowest BCUT2D eigenvalue weighted by atomic mass is 9.59. The zero-order chi connectivity index (χ0) is 16.0. The third kappa shape index (κ3) is 2.01. The highest BCUT2D eigenvalue weighted by molar-refractivity contribution is 5.70. The van der Waals surface area contributed by atoms with Gasteiger partial charge in [0.2, 0.25) is 0 Å². The maximum Gasteiger partial charge on any atom is 0.304 e. The summed E-state index contributed by atoms with van der Waals surface area (Å²) in [6, 6.07) is 3.92. The molecule has 2 atom stereocenters. The van der Waals surface area contributed by atoms with Gasteiger partial charge in [-0.15, -0.1) is 0 Å². The summed E-state index contributed by atoms with van der Waals surface area (Å²) in [6.07, 6.45) is 7.10. The Morgan fingerprint density at radius 2 is 2.36 bits per heavy atom. The number of carboxylic acid groups (broad SMARTS) is 1. The number of aliphatic carboxylic acids is 1. The molecule has 2 unspecified atom stereocenters. The van der Waals surface area contributed by atoms with Crippen LogP contribution in [0.4, 0.5) is 0 Å². The molecule has 22 heavy (non-hydrogen) atoms. The molecule has 2 aliphatic carbocycles. The fourth-order valence-corrected chi connectivity index (χ4v) is 3.59. The van der Waals surface area contributed by atoms with Crippen molar-refractivity contribution in [2.24, 2.45) is 16.6 Å². The average molecular weight is 298 g/mol. The lowest BCUT2D eigenvalue weighted by Gasteiger charge is -2.43. The van der Waals surface area contributed by atoms with Gasteiger partial charge in [0.25, 0.3) is 0 Å². The largest absolute Gasteiger partial charge is 0.481 e. The molecule has 0 aromatic carbocycles. The second-order valence-electron chi connectivity index (χ2n) is 6.45. The molecule has 6 heteroatoms. The zero-order valence-corrected chi connectivity index (χ0v) is 12.3. The van der Waals surface area contributed by atoms with Crippen molar-refractivity contribution in [3.63, 3.8) is 0 Å². The second-order valence-corrected chi connectivity index (χ2v) is 6.45. The monoisotopic (exact) mass is 298 g/mol. The second kappa shape index (κ2) is 4.73. The van der Waals surface area contributed by atoms with Gasteiger partial charge in [-0.1, -0.05) is 19.1 Å². The number of carboxylic acids is 1. The molecule has 6 nitrogen and oxygen atoms in total. The first-order valence-corrected chi connectivity index (χ1v) is 7.23. The highest BCUT2D eigenvalue weighted by Crippen LogP contribution is 2.67. The minimum absolute atomic E-state index is 0.0247. The van der Waals surface area contributed by atoms with Crippen LogP contribution in [-0.4, -0.2) is 21.3 Å². The Kier molecular flexibility index (Phi) is 3.10. The number of nitrogens with one attached hydrogen (secondary N) is 1. The van der Waals surface area contributed by atoms with Crippen molar-refractivity contribution < 1.29 is 9.90 Å². The first-order valence-electron chi connectivity index (χ1n) is 7.23. The van der Waals surface area contributed by atoms with E-state index in [1.807, 2.05) is 6.07 Å². The summed E-state index contributed by atoms with van der Waals surface area (Å²) in [5.74, 6) is -1.11. The summed E-state index contributed by atoms with van der Waals surface area (Å²) in [4.78, 5) is 11.5. The number of nitriles is 1. The van der Waals surface area contributed by atoms with Crippen molar-refractivity contribution in [2.75, 3.05) is 0 Å². The van der Waals surface area contributed by atoms with Gasteiger partial charge in [-0.2, -0.15) is 10.4 Å². The van der Waals surface area contributed by atoms with Crippen LogP contribution in [0.3, 0.4) is 0 Å². The molecule has 0 radical (unpaired) electrons. The SMILES string of the molecule is CC1(C2(CC(=O)O)C=C(N)C(C#N)=CC2c2ccn[nH]2)CC1. The van der Waals surface area contributed by atoms with E-state index in [0.29, 0.717) is 11.3 Å². The molecule has 1 aromatic heterocycles. The number of nitrogens with zero attached hydrogens (tertiary/aromatic N) is 2. The summed E-state index contributed by atoms with van der Waals surface area (Å²) in [5, 5.41) is 25.6. The lowest BCUT2D eigenvalue weighted by molar-refractivity contribution is -0.140. The van der Waals surface area contributed by atoms with Gasteiger partial charge < -0.3 is 10.8 Å². The summed E-state index contributed by atoms with van der Waals surface area (Å²) in [6.45, 7) is 2.09. The average Bonchev–Trinajstić information content (AvgIpc) is 3.01. The molecule has 1 fully saturated rings. The molecule has 0 spiro atoms. The number of nitrogens with two attached hydrogens (primary N) is 1. The molecule has 1 heterocycles. The predicted molar refractivity (Wildman–Crippen MR) is 79.3 cm³/mol. The van der Waals surface area contributed by atoms with Crippen molar-refractivity contribution in [3.8, 4) is 6.07 Å². The number of hydrogen-bond acceptors (Lipinski definition) is 4. The van der Waals surface area contributed by atoms with E-state index in [1.165, 1.54) is 0 Å². The number of aromatic nitrogens is 2. The third-order valence-electron chi connectivity index (χ3n) is 5.16. The van der Waals surface area contributed by atoms with E-state index in [4.69, 9.17) is 5.73 Å². The molecular weight excluding hydrogens is 280 g/mol. The van der Waals surface area contributed by atoms with E-state index >= 15 is 0 Å². The normalized spacial score (nSPS) is 29.2. The smallest absolute Gasteiger partial charge is 0.304 e. The van der Waals surface area contributed by atoms with Gasteiger partial charge in [-0.25, -0.2) is 0 Å². The van der Waals surface area contributed by atoms with Crippen LogP contribution in [0.1, 0.15) is 37.8 Å². The molecule has 0 bridgehead atoms. The minimum atomic E-state index is -0.865. The topological polar surface area (TPSA) is 116 Å². The van der Waals surface area contributed by atoms with Crippen LogP contribution in [0.15, 0.2) is 35.7 Å². The third-order valence-corrected chi connectivity index (χ3v) is 5.16. The quantitative estimate of drug-likeness (QED) is 0.786. The molecule has 0 aliphatic heterocycles. The maximum atomic E-state index is 11.5. The Labute approximate surface area is 128 Å². The van der Waals surface area contributed by atoms with Crippen LogP contribution in [0.25, 0.3) is 0 Å². The fraction of sp³-hybridized carbons (Fsp3) is 0.438. The van der Waals surface area contributed by atoms with E-state index < -0.39 is 11.4 Å². The van der Waals surface area contributed by atoms with Gasteiger partial charge >= 0.3 is 5.97 Å². The van der Waals surface area contributed by atoms with Gasteiger partial charge in [-0.05, 0) is 24.3 Å². The Morgan fingerprint density at radius 1 is 1.64 bits per heavy atom. The summed E-state index contributed by atoms with van der Waals surface area (Å²) < 4.78 is 0. The fourth-order valence-electron chi connectivity index (χ4n) is 3.59. The zero-order valence-electron chi connectivity index (χ0n) is 12.3. The van der Waals surface area contributed by atoms with Gasteiger partial charge in [0.1, 0.15) is 6.07 Å². The number of hydrogen-bond donors (Lipinski definition) is 3. The molecule has 2 aliphatic rings. The first-order chi connectivity index (χ1) is 10.4. The number of carbonyl (C=O) groups is 1. The molecule has 0 amide bonds. The van der Waals surface area contributed by atoms with Crippen molar-refractivity contribution in [1.29, 1.82) is 5.26 Å². The van der Waals surface area contributed by atoms with Crippen molar-refractivity contribution >= 4 is 5.97 Å². The standard InChI is InChI=1S/C16H18N4O2/c1-15(3-4-15)16(8-14(21)22)7-12(18)10(9-17)6-11(16)13-2-5-19-20-13/h2,5-7,11H,3-4,8,18H2,1H3,(H,19,20)(H,21,22). The Hall–Kier alpha value is -2.55. The van der Waals surface area contributed by atoms with Crippen LogP contribution in [0.2, 0.25) is 0 Å². The van der Waals surface area contributed by atoms with Gasteiger partial charge in [-0.3, -0.25) is 9.89 Å². The van der Waals surface area contributed by atoms with Crippen LogP contribution < -0.4 is 5.73 Å². The summed E-state index contributed by atoms with van der Waals surface area (Å²) >= 11 is 0. The maximum absolute atomic E-state index is 11.5. The Bertz CT molecular complexity index is 707. The van der Waals surface area contributed by atoms with E-state index in [1.54, 1.807) is 18.3 Å². The Morgan fingerprint density at radius 3 is 2.86 bits per heavy atom. The van der Waals surface area contributed by atoms with Gasteiger partial charge in [0.05, 0.1) is 12.0 Å². The van der Waals surface area contributed by atoms with E-state index in [2.05, 4.69) is 23.2 Å². The highest BCUT2D eigenvalue weighted by atomic mass is 16.4. The summed E-state index contributed by atoms with van der Waals surface area (Å²) in [5.41, 5.74) is 6.83. The molecular formula is C16H18N4O2. The van der Waals surface area contributed by atoms with E-state index in [-0.39, 0.29) is 17.8 Å². The summed E-state index contributed by atoms with van der Waals surface area (Å²) in [7, 11) is 0. The lowest BCUT2D eigenvalue weighted by Crippen LogP contribution is -2.40.